The molecule has 0 aromatic heterocycles. The van der Waals surface area contributed by atoms with Crippen LogP contribution in [-0.4, -0.2) is 24.5 Å². The third-order valence-electron chi connectivity index (χ3n) is 3.76. The fraction of sp³-hybridized carbons (Fsp3) is 0.105. The highest BCUT2D eigenvalue weighted by Crippen LogP contribution is 2.28. The molecule has 0 unspecified atom stereocenters. The molecule has 0 spiro atoms. The molecule has 2 aromatic carbocycles. The summed E-state index contributed by atoms with van der Waals surface area (Å²) in [5, 5.41) is 2.20. The van der Waals surface area contributed by atoms with Gasteiger partial charge in [-0.25, -0.2) is 9.69 Å². The van der Waals surface area contributed by atoms with Gasteiger partial charge < -0.3 is 4.74 Å². The molecule has 8 heteroatoms. The first-order valence-corrected chi connectivity index (χ1v) is 9.58. The third kappa shape index (κ3) is 4.12. The molecule has 1 fully saturated rings. The van der Waals surface area contributed by atoms with E-state index in [1.165, 1.54) is 6.08 Å². The van der Waals surface area contributed by atoms with Crippen molar-refractivity contribution in [2.75, 3.05) is 11.5 Å². The Bertz CT molecular complexity index is 955. The van der Waals surface area contributed by atoms with Crippen LogP contribution in [-0.2, 0) is 9.59 Å². The topological polar surface area (TPSA) is 75.7 Å². The zero-order valence-corrected chi connectivity index (χ0v) is 17.3. The van der Waals surface area contributed by atoms with E-state index in [1.54, 1.807) is 42.5 Å². The van der Waals surface area contributed by atoms with Crippen molar-refractivity contribution in [1.29, 1.82) is 0 Å². The van der Waals surface area contributed by atoms with E-state index in [2.05, 4.69) is 37.2 Å². The highest BCUT2D eigenvalue weighted by Gasteiger charge is 2.36. The van der Waals surface area contributed by atoms with Gasteiger partial charge in [0.15, 0.2) is 0 Å². The summed E-state index contributed by atoms with van der Waals surface area (Å²) < 4.78 is 7.13. The first-order valence-electron chi connectivity index (χ1n) is 8.00. The van der Waals surface area contributed by atoms with Crippen molar-refractivity contribution in [2.45, 2.75) is 6.92 Å². The van der Waals surface area contributed by atoms with Crippen LogP contribution >= 0.6 is 31.9 Å². The Morgan fingerprint density at radius 2 is 1.70 bits per heavy atom. The molecule has 27 heavy (non-hydrogen) atoms. The highest BCUT2D eigenvalue weighted by molar-refractivity contribution is 9.10. The van der Waals surface area contributed by atoms with Crippen molar-refractivity contribution < 1.29 is 19.1 Å². The Kier molecular flexibility index (Phi) is 5.76. The van der Waals surface area contributed by atoms with E-state index in [4.69, 9.17) is 4.74 Å². The Labute approximate surface area is 172 Å². The van der Waals surface area contributed by atoms with E-state index in [1.807, 2.05) is 6.92 Å². The SMILES string of the molecule is CCOc1ccc(Br)cc1/C=C1\C(=O)NC(=O)N(c2ccc(Br)cc2)C1=O. The Balaban J connectivity index is 2.04. The van der Waals surface area contributed by atoms with E-state index < -0.39 is 17.8 Å². The average molecular weight is 494 g/mol. The number of benzene rings is 2. The first kappa shape index (κ1) is 19.3. The minimum atomic E-state index is -0.788. The lowest BCUT2D eigenvalue weighted by molar-refractivity contribution is -0.122. The molecule has 1 aliphatic rings. The lowest BCUT2D eigenvalue weighted by Gasteiger charge is -2.26. The monoisotopic (exact) mass is 492 g/mol. The van der Waals surface area contributed by atoms with Crippen LogP contribution in [0.15, 0.2) is 57.0 Å². The van der Waals surface area contributed by atoms with Crippen LogP contribution in [0.3, 0.4) is 0 Å². The van der Waals surface area contributed by atoms with Gasteiger partial charge in [-0.1, -0.05) is 31.9 Å². The van der Waals surface area contributed by atoms with Crippen molar-refractivity contribution in [3.05, 3.63) is 62.5 Å². The van der Waals surface area contributed by atoms with Gasteiger partial charge in [0.1, 0.15) is 11.3 Å². The second-order valence-corrected chi connectivity index (χ2v) is 7.38. The van der Waals surface area contributed by atoms with E-state index in [9.17, 15) is 14.4 Å². The number of carbonyl (C=O) groups excluding carboxylic acids is 3. The fourth-order valence-electron chi connectivity index (χ4n) is 2.56. The fourth-order valence-corrected chi connectivity index (χ4v) is 3.20. The van der Waals surface area contributed by atoms with Gasteiger partial charge in [0.2, 0.25) is 0 Å². The number of ether oxygens (including phenoxy) is 1. The van der Waals surface area contributed by atoms with Crippen molar-refractivity contribution in [3.63, 3.8) is 0 Å². The van der Waals surface area contributed by atoms with Crippen LogP contribution in [0.25, 0.3) is 6.08 Å². The number of rotatable bonds is 4. The normalized spacial score (nSPS) is 15.9. The molecule has 0 atom stereocenters. The van der Waals surface area contributed by atoms with Crippen LogP contribution in [0.1, 0.15) is 12.5 Å². The van der Waals surface area contributed by atoms with E-state index in [0.717, 1.165) is 13.8 Å². The van der Waals surface area contributed by atoms with Crippen LogP contribution in [0.4, 0.5) is 10.5 Å². The van der Waals surface area contributed by atoms with Gasteiger partial charge in [0, 0.05) is 14.5 Å². The van der Waals surface area contributed by atoms with Gasteiger partial charge in [0.25, 0.3) is 11.8 Å². The summed E-state index contributed by atoms with van der Waals surface area (Å²) in [7, 11) is 0. The van der Waals surface area contributed by atoms with Crippen LogP contribution in [0.5, 0.6) is 5.75 Å². The van der Waals surface area contributed by atoms with Crippen molar-refractivity contribution in [3.8, 4) is 5.75 Å². The molecule has 138 valence electrons. The van der Waals surface area contributed by atoms with Crippen molar-refractivity contribution in [2.24, 2.45) is 0 Å². The van der Waals surface area contributed by atoms with E-state index in [-0.39, 0.29) is 5.57 Å². The van der Waals surface area contributed by atoms with Crippen molar-refractivity contribution >= 4 is 61.5 Å². The minimum Gasteiger partial charge on any atom is -0.493 e. The van der Waals surface area contributed by atoms with Gasteiger partial charge in [-0.2, -0.15) is 0 Å². The Morgan fingerprint density at radius 1 is 1.04 bits per heavy atom. The van der Waals surface area contributed by atoms with Crippen LogP contribution in [0, 0.1) is 0 Å². The maximum absolute atomic E-state index is 12.9. The summed E-state index contributed by atoms with van der Waals surface area (Å²) in [6, 6.07) is 11.1. The molecule has 1 N–H and O–H groups in total. The molecule has 0 radical (unpaired) electrons. The van der Waals surface area contributed by atoms with Gasteiger partial charge in [-0.15, -0.1) is 0 Å². The number of hydrogen-bond donors (Lipinski definition) is 1. The maximum atomic E-state index is 12.9. The number of imide groups is 2. The largest absolute Gasteiger partial charge is 0.493 e. The summed E-state index contributed by atoms with van der Waals surface area (Å²) >= 11 is 6.68. The molecule has 1 heterocycles. The number of carbonyl (C=O) groups is 3. The molecular weight excluding hydrogens is 480 g/mol. The summed E-state index contributed by atoms with van der Waals surface area (Å²) in [5.74, 6) is -0.921. The predicted molar refractivity (Wildman–Crippen MR) is 108 cm³/mol. The average Bonchev–Trinajstić information content (AvgIpc) is 2.62. The minimum absolute atomic E-state index is 0.156. The van der Waals surface area contributed by atoms with Crippen LogP contribution < -0.4 is 15.0 Å². The number of amides is 4. The Hall–Kier alpha value is -2.45. The lowest BCUT2D eigenvalue weighted by Crippen LogP contribution is -2.54. The standard InChI is InChI=1S/C19H14Br2N2O4/c1-2-27-16-8-5-13(21)9-11(16)10-15-17(24)22-19(26)23(18(15)25)14-6-3-12(20)4-7-14/h3-10H,2H2,1H3,(H,22,24,26)/b15-10+. The second kappa shape index (κ2) is 8.06. The molecule has 3 rings (SSSR count). The molecule has 1 saturated heterocycles. The zero-order chi connectivity index (χ0) is 19.6. The summed E-state index contributed by atoms with van der Waals surface area (Å²) in [4.78, 5) is 38.4. The molecule has 0 bridgehead atoms. The van der Waals surface area contributed by atoms with E-state index >= 15 is 0 Å². The van der Waals surface area contributed by atoms with Gasteiger partial charge >= 0.3 is 6.03 Å². The van der Waals surface area contributed by atoms with Gasteiger partial charge in [-0.05, 0) is 55.5 Å². The van der Waals surface area contributed by atoms with Gasteiger partial charge in [-0.3, -0.25) is 14.9 Å². The van der Waals surface area contributed by atoms with Gasteiger partial charge in [0.05, 0.1) is 12.3 Å². The van der Waals surface area contributed by atoms with E-state index in [0.29, 0.717) is 23.6 Å². The quantitative estimate of drug-likeness (QED) is 0.509. The van der Waals surface area contributed by atoms with Crippen molar-refractivity contribution in [1.82, 2.24) is 5.32 Å². The highest BCUT2D eigenvalue weighted by atomic mass is 79.9. The number of barbiturate groups is 1. The number of nitrogens with zero attached hydrogens (tertiary/aromatic N) is 1. The smallest absolute Gasteiger partial charge is 0.335 e. The molecule has 0 aliphatic carbocycles. The summed E-state index contributed by atoms with van der Waals surface area (Å²) in [6.45, 7) is 2.27. The molecule has 4 amide bonds. The molecule has 0 saturated carbocycles. The lowest BCUT2D eigenvalue weighted by atomic mass is 10.1. The zero-order valence-electron chi connectivity index (χ0n) is 14.2. The molecular formula is C19H14Br2N2O4. The Morgan fingerprint density at radius 3 is 2.37 bits per heavy atom. The molecule has 1 aliphatic heterocycles. The van der Waals surface area contributed by atoms with Crippen LogP contribution in [0.2, 0.25) is 0 Å². The number of urea groups is 1. The molecule has 6 nitrogen and oxygen atoms in total. The second-order valence-electron chi connectivity index (χ2n) is 5.55. The third-order valence-corrected chi connectivity index (χ3v) is 4.78. The summed E-state index contributed by atoms with van der Waals surface area (Å²) in [5.41, 5.74) is 0.754. The predicted octanol–water partition coefficient (Wildman–Crippen LogP) is 4.28. The molecule has 2 aromatic rings. The number of halogens is 2. The number of nitrogens with one attached hydrogen (secondary N) is 1. The summed E-state index contributed by atoms with van der Waals surface area (Å²) in [6.07, 6.45) is 1.42. The number of hydrogen-bond acceptors (Lipinski definition) is 4. The maximum Gasteiger partial charge on any atom is 0.335 e. The first-order chi connectivity index (χ1) is 12.9. The number of anilines is 1.